The zero-order valence-corrected chi connectivity index (χ0v) is 11.7. The molecule has 0 radical (unpaired) electrons. The van der Waals surface area contributed by atoms with E-state index >= 15 is 0 Å². The van der Waals surface area contributed by atoms with E-state index in [4.69, 9.17) is 4.74 Å². The van der Waals surface area contributed by atoms with Crippen LogP contribution in [0.25, 0.3) is 0 Å². The Bertz CT molecular complexity index is 573. The summed E-state index contributed by atoms with van der Waals surface area (Å²) in [5, 5.41) is 5.35. The monoisotopic (exact) mass is 288 g/mol. The first-order chi connectivity index (χ1) is 10.2. The molecule has 0 fully saturated rings. The van der Waals surface area contributed by atoms with Crippen LogP contribution < -0.4 is 10.6 Å². The van der Waals surface area contributed by atoms with E-state index in [0.29, 0.717) is 12.2 Å². The van der Waals surface area contributed by atoms with E-state index in [1.54, 1.807) is 7.11 Å². The number of ether oxygens (including phenoxy) is 1. The van der Waals surface area contributed by atoms with Gasteiger partial charge in [-0.3, -0.25) is 0 Å². The van der Waals surface area contributed by atoms with Gasteiger partial charge in [-0.15, -0.1) is 0 Å². The van der Waals surface area contributed by atoms with Crippen LogP contribution in [0.15, 0.2) is 54.6 Å². The van der Waals surface area contributed by atoms with E-state index in [0.717, 1.165) is 5.56 Å². The zero-order chi connectivity index (χ0) is 15.1. The molecule has 21 heavy (non-hydrogen) atoms. The molecule has 2 rings (SSSR count). The lowest BCUT2D eigenvalue weighted by atomic mass is 10.1. The van der Waals surface area contributed by atoms with Crippen LogP contribution >= 0.6 is 0 Å². The molecule has 0 aliphatic rings. The Hall–Kier alpha value is -2.40. The van der Waals surface area contributed by atoms with Crippen molar-refractivity contribution in [2.24, 2.45) is 0 Å². The second kappa shape index (κ2) is 7.40. The van der Waals surface area contributed by atoms with Gasteiger partial charge in [0.15, 0.2) is 0 Å². The van der Waals surface area contributed by atoms with Gasteiger partial charge in [0.05, 0.1) is 6.10 Å². The summed E-state index contributed by atoms with van der Waals surface area (Å²) in [6.07, 6.45) is -0.217. The summed E-state index contributed by atoms with van der Waals surface area (Å²) in [6.45, 7) is 0.341. The molecular weight excluding hydrogens is 271 g/mol. The van der Waals surface area contributed by atoms with Gasteiger partial charge in [0, 0.05) is 19.3 Å². The Kier molecular flexibility index (Phi) is 5.29. The number of nitrogens with one attached hydrogen (secondary N) is 2. The van der Waals surface area contributed by atoms with Crippen molar-refractivity contribution < 1.29 is 13.9 Å². The van der Waals surface area contributed by atoms with Crippen LogP contribution in [-0.4, -0.2) is 19.7 Å². The van der Waals surface area contributed by atoms with Gasteiger partial charge < -0.3 is 15.4 Å². The minimum absolute atomic E-state index is 0.217. The SMILES string of the molecule is COC(CNC(=O)Nc1ccc(F)cc1)c1ccccc1. The highest BCUT2D eigenvalue weighted by molar-refractivity contribution is 5.89. The molecule has 4 nitrogen and oxygen atoms in total. The summed E-state index contributed by atoms with van der Waals surface area (Å²) in [7, 11) is 1.59. The number of carbonyl (C=O) groups is 1. The Labute approximate surface area is 122 Å². The summed E-state index contributed by atoms with van der Waals surface area (Å²) < 4.78 is 18.1. The molecule has 0 aliphatic carbocycles. The molecule has 0 heterocycles. The van der Waals surface area contributed by atoms with Crippen molar-refractivity contribution in [3.8, 4) is 0 Å². The van der Waals surface area contributed by atoms with Gasteiger partial charge in [0.2, 0.25) is 0 Å². The molecule has 0 bridgehead atoms. The molecule has 0 saturated carbocycles. The fraction of sp³-hybridized carbons (Fsp3) is 0.188. The van der Waals surface area contributed by atoms with Crippen LogP contribution in [0, 0.1) is 5.82 Å². The number of amides is 2. The quantitative estimate of drug-likeness (QED) is 0.886. The van der Waals surface area contributed by atoms with E-state index in [1.807, 2.05) is 30.3 Å². The molecular formula is C16H17FN2O2. The van der Waals surface area contributed by atoms with Gasteiger partial charge in [-0.25, -0.2) is 9.18 Å². The molecule has 0 spiro atoms. The van der Waals surface area contributed by atoms with Crippen LogP contribution in [0.3, 0.4) is 0 Å². The summed E-state index contributed by atoms with van der Waals surface area (Å²) in [5.74, 6) is -0.343. The topological polar surface area (TPSA) is 50.4 Å². The molecule has 0 saturated heterocycles. The van der Waals surface area contributed by atoms with E-state index in [-0.39, 0.29) is 18.0 Å². The fourth-order valence-electron chi connectivity index (χ4n) is 1.90. The Morgan fingerprint density at radius 2 is 1.81 bits per heavy atom. The standard InChI is InChI=1S/C16H17FN2O2/c1-21-15(12-5-3-2-4-6-12)11-18-16(20)19-14-9-7-13(17)8-10-14/h2-10,15H,11H2,1H3,(H2,18,19,20). The Balaban J connectivity index is 1.86. The minimum Gasteiger partial charge on any atom is -0.375 e. The van der Waals surface area contributed by atoms with E-state index < -0.39 is 0 Å². The number of benzene rings is 2. The first kappa shape index (κ1) is 15.0. The van der Waals surface area contributed by atoms with Crippen LogP contribution in [0.1, 0.15) is 11.7 Å². The van der Waals surface area contributed by atoms with Crippen molar-refractivity contribution in [3.05, 3.63) is 66.0 Å². The van der Waals surface area contributed by atoms with Crippen molar-refractivity contribution >= 4 is 11.7 Å². The number of carbonyl (C=O) groups excluding carboxylic acids is 1. The van der Waals surface area contributed by atoms with Gasteiger partial charge in [-0.05, 0) is 29.8 Å². The highest BCUT2D eigenvalue weighted by Crippen LogP contribution is 2.15. The van der Waals surface area contributed by atoms with Gasteiger partial charge in [-0.2, -0.15) is 0 Å². The zero-order valence-electron chi connectivity index (χ0n) is 11.7. The first-order valence-electron chi connectivity index (χ1n) is 6.57. The predicted octanol–water partition coefficient (Wildman–Crippen LogP) is 3.33. The van der Waals surface area contributed by atoms with Crippen molar-refractivity contribution in [2.75, 3.05) is 19.0 Å². The third kappa shape index (κ3) is 4.57. The maximum absolute atomic E-state index is 12.8. The average molecular weight is 288 g/mol. The summed E-state index contributed by atoms with van der Waals surface area (Å²) >= 11 is 0. The molecule has 1 atom stereocenters. The maximum Gasteiger partial charge on any atom is 0.319 e. The summed E-state index contributed by atoms with van der Waals surface area (Å²) in [6, 6.07) is 14.8. The van der Waals surface area contributed by atoms with Gasteiger partial charge in [-0.1, -0.05) is 30.3 Å². The van der Waals surface area contributed by atoms with E-state index in [2.05, 4.69) is 10.6 Å². The highest BCUT2D eigenvalue weighted by Gasteiger charge is 2.11. The molecule has 2 N–H and O–H groups in total. The Morgan fingerprint density at radius 3 is 2.43 bits per heavy atom. The number of urea groups is 1. The largest absolute Gasteiger partial charge is 0.375 e. The van der Waals surface area contributed by atoms with Crippen LogP contribution in [0.2, 0.25) is 0 Å². The molecule has 110 valence electrons. The van der Waals surface area contributed by atoms with E-state index in [1.165, 1.54) is 24.3 Å². The van der Waals surface area contributed by atoms with Crippen LogP contribution in [0.4, 0.5) is 14.9 Å². The van der Waals surface area contributed by atoms with Crippen molar-refractivity contribution in [1.29, 1.82) is 0 Å². The lowest BCUT2D eigenvalue weighted by molar-refractivity contribution is 0.104. The number of hydrogen-bond acceptors (Lipinski definition) is 2. The molecule has 2 aromatic rings. The maximum atomic E-state index is 12.8. The summed E-state index contributed by atoms with van der Waals surface area (Å²) in [5.41, 5.74) is 1.52. The van der Waals surface area contributed by atoms with Crippen molar-refractivity contribution in [3.63, 3.8) is 0 Å². The van der Waals surface area contributed by atoms with Gasteiger partial charge in [0.25, 0.3) is 0 Å². The number of anilines is 1. The van der Waals surface area contributed by atoms with Crippen molar-refractivity contribution in [1.82, 2.24) is 5.32 Å². The molecule has 2 amide bonds. The third-order valence-electron chi connectivity index (χ3n) is 3.01. The van der Waals surface area contributed by atoms with Gasteiger partial charge in [0.1, 0.15) is 5.82 Å². The number of methoxy groups -OCH3 is 1. The molecule has 0 aliphatic heterocycles. The minimum atomic E-state index is -0.361. The molecule has 1 unspecified atom stereocenters. The molecule has 2 aromatic carbocycles. The highest BCUT2D eigenvalue weighted by atomic mass is 19.1. The number of rotatable bonds is 5. The predicted molar refractivity (Wildman–Crippen MR) is 79.6 cm³/mol. The third-order valence-corrected chi connectivity index (χ3v) is 3.01. The normalized spacial score (nSPS) is 11.7. The van der Waals surface area contributed by atoms with Crippen molar-refractivity contribution in [2.45, 2.75) is 6.10 Å². The first-order valence-corrected chi connectivity index (χ1v) is 6.57. The Morgan fingerprint density at radius 1 is 1.14 bits per heavy atom. The smallest absolute Gasteiger partial charge is 0.319 e. The summed E-state index contributed by atoms with van der Waals surface area (Å²) in [4.78, 5) is 11.8. The second-order valence-electron chi connectivity index (χ2n) is 4.48. The number of hydrogen-bond donors (Lipinski definition) is 2. The second-order valence-corrected chi connectivity index (χ2v) is 4.48. The molecule has 0 aromatic heterocycles. The average Bonchev–Trinajstić information content (AvgIpc) is 2.51. The molecule has 5 heteroatoms. The lowest BCUT2D eigenvalue weighted by Crippen LogP contribution is -2.32. The van der Waals surface area contributed by atoms with Gasteiger partial charge >= 0.3 is 6.03 Å². The lowest BCUT2D eigenvalue weighted by Gasteiger charge is -2.16. The number of halogens is 1. The van der Waals surface area contributed by atoms with Crippen LogP contribution in [-0.2, 0) is 4.74 Å². The van der Waals surface area contributed by atoms with Crippen LogP contribution in [0.5, 0.6) is 0 Å². The van der Waals surface area contributed by atoms with E-state index in [9.17, 15) is 9.18 Å². The fourth-order valence-corrected chi connectivity index (χ4v) is 1.90.